The van der Waals surface area contributed by atoms with E-state index in [0.717, 1.165) is 44.0 Å². The van der Waals surface area contributed by atoms with Crippen molar-refractivity contribution >= 4 is 11.8 Å². The minimum atomic E-state index is -0.0204. The van der Waals surface area contributed by atoms with Crippen LogP contribution in [-0.4, -0.2) is 46.0 Å². The first-order valence-corrected chi connectivity index (χ1v) is 9.31. The fourth-order valence-corrected chi connectivity index (χ4v) is 3.04. The molecular formula is C18H30N4O3. The van der Waals surface area contributed by atoms with Crippen LogP contribution in [0.15, 0.2) is 6.20 Å². The lowest BCUT2D eigenvalue weighted by molar-refractivity contribution is -0.131. The van der Waals surface area contributed by atoms with E-state index in [2.05, 4.69) is 28.7 Å². The van der Waals surface area contributed by atoms with Crippen molar-refractivity contribution in [3.05, 3.63) is 17.7 Å². The number of rotatable bonds is 10. The van der Waals surface area contributed by atoms with Crippen molar-refractivity contribution in [2.24, 2.45) is 0 Å². The first-order chi connectivity index (χ1) is 12.2. The third kappa shape index (κ3) is 5.85. The van der Waals surface area contributed by atoms with E-state index in [-0.39, 0.29) is 11.8 Å². The average molecular weight is 350 g/mol. The minimum absolute atomic E-state index is 0.0204. The minimum Gasteiger partial charge on any atom is -0.372 e. The van der Waals surface area contributed by atoms with Gasteiger partial charge in [-0.1, -0.05) is 13.8 Å². The number of ether oxygens (including phenoxy) is 1. The smallest absolute Gasteiger partial charge is 0.222 e. The van der Waals surface area contributed by atoms with E-state index in [1.54, 1.807) is 6.20 Å². The van der Waals surface area contributed by atoms with Crippen LogP contribution in [0.5, 0.6) is 0 Å². The molecule has 0 radical (unpaired) electrons. The Bertz CT molecular complexity index is 565. The predicted octanol–water partition coefficient (Wildman–Crippen LogP) is 1.85. The molecule has 0 aliphatic carbocycles. The van der Waals surface area contributed by atoms with Gasteiger partial charge in [0.15, 0.2) is 0 Å². The first-order valence-electron chi connectivity index (χ1n) is 9.31. The summed E-state index contributed by atoms with van der Waals surface area (Å²) in [5.74, 6) is 1.04. The van der Waals surface area contributed by atoms with Crippen LogP contribution in [0.2, 0.25) is 0 Å². The summed E-state index contributed by atoms with van der Waals surface area (Å²) < 4.78 is 7.46. The van der Waals surface area contributed by atoms with E-state index in [1.165, 1.54) is 0 Å². The standard InChI is InChI=1S/C18H30N4O3/c1-3-8-21(9-4-2)18(24)7-5-6-17(23)20-13-15-12-19-16-14-25-11-10-22(15)16/h12H,3-11,13-14H2,1-2H3,(H,20,23). The fourth-order valence-electron chi connectivity index (χ4n) is 3.04. The van der Waals surface area contributed by atoms with Gasteiger partial charge in [-0.15, -0.1) is 0 Å². The number of hydrogen-bond acceptors (Lipinski definition) is 4. The van der Waals surface area contributed by atoms with Crippen LogP contribution in [-0.2, 0) is 34.0 Å². The second kappa shape index (κ2) is 10.2. The average Bonchev–Trinajstić information content (AvgIpc) is 3.03. The summed E-state index contributed by atoms with van der Waals surface area (Å²) in [7, 11) is 0. The number of amides is 2. The maximum atomic E-state index is 12.2. The highest BCUT2D eigenvalue weighted by Crippen LogP contribution is 2.11. The van der Waals surface area contributed by atoms with Gasteiger partial charge in [0.25, 0.3) is 0 Å². The van der Waals surface area contributed by atoms with Crippen molar-refractivity contribution in [2.45, 2.75) is 65.6 Å². The summed E-state index contributed by atoms with van der Waals surface area (Å²) in [5.41, 5.74) is 1.000. The molecule has 0 bridgehead atoms. The Labute approximate surface area is 149 Å². The molecule has 0 aromatic carbocycles. The number of nitrogens with one attached hydrogen (secondary N) is 1. The number of fused-ring (bicyclic) bond motifs is 1. The molecular weight excluding hydrogens is 320 g/mol. The lowest BCUT2D eigenvalue weighted by Gasteiger charge is -2.21. The molecule has 1 N–H and O–H groups in total. The van der Waals surface area contributed by atoms with E-state index in [4.69, 9.17) is 4.74 Å². The molecule has 1 aliphatic heterocycles. The SMILES string of the molecule is CCCN(CCC)C(=O)CCCC(=O)NCc1cnc2n1CCOC2. The van der Waals surface area contributed by atoms with E-state index >= 15 is 0 Å². The Morgan fingerprint density at radius 3 is 2.76 bits per heavy atom. The molecule has 25 heavy (non-hydrogen) atoms. The highest BCUT2D eigenvalue weighted by Gasteiger charge is 2.15. The van der Waals surface area contributed by atoms with Crippen molar-refractivity contribution in [1.82, 2.24) is 19.8 Å². The zero-order valence-corrected chi connectivity index (χ0v) is 15.4. The summed E-state index contributed by atoms with van der Waals surface area (Å²) in [6, 6.07) is 0. The van der Waals surface area contributed by atoms with E-state index in [0.29, 0.717) is 39.0 Å². The zero-order chi connectivity index (χ0) is 18.1. The molecule has 0 unspecified atom stereocenters. The van der Waals surface area contributed by atoms with Gasteiger partial charge < -0.3 is 19.5 Å². The second-order valence-electron chi connectivity index (χ2n) is 6.38. The number of imidazole rings is 1. The van der Waals surface area contributed by atoms with Crippen LogP contribution < -0.4 is 5.32 Å². The number of nitrogens with zero attached hydrogens (tertiary/aromatic N) is 3. The van der Waals surface area contributed by atoms with Gasteiger partial charge in [-0.05, 0) is 19.3 Å². The molecule has 2 rings (SSSR count). The maximum absolute atomic E-state index is 12.2. The van der Waals surface area contributed by atoms with Crippen LogP contribution in [0, 0.1) is 0 Å². The number of hydrogen-bond donors (Lipinski definition) is 1. The van der Waals surface area contributed by atoms with Crippen LogP contribution in [0.4, 0.5) is 0 Å². The van der Waals surface area contributed by atoms with Crippen molar-refractivity contribution < 1.29 is 14.3 Å². The van der Waals surface area contributed by atoms with Gasteiger partial charge in [0, 0.05) is 32.5 Å². The summed E-state index contributed by atoms with van der Waals surface area (Å²) in [6.45, 7) is 8.21. The van der Waals surface area contributed by atoms with Gasteiger partial charge >= 0.3 is 0 Å². The van der Waals surface area contributed by atoms with Crippen molar-refractivity contribution in [3.63, 3.8) is 0 Å². The van der Waals surface area contributed by atoms with Crippen LogP contribution >= 0.6 is 0 Å². The third-order valence-corrected chi connectivity index (χ3v) is 4.31. The molecule has 0 fully saturated rings. The third-order valence-electron chi connectivity index (χ3n) is 4.31. The second-order valence-corrected chi connectivity index (χ2v) is 6.38. The number of carbonyl (C=O) groups is 2. The molecule has 0 saturated heterocycles. The van der Waals surface area contributed by atoms with Gasteiger partial charge in [-0.3, -0.25) is 9.59 Å². The molecule has 1 aromatic heterocycles. The molecule has 2 heterocycles. The van der Waals surface area contributed by atoms with Crippen molar-refractivity contribution in [1.29, 1.82) is 0 Å². The van der Waals surface area contributed by atoms with E-state index in [1.807, 2.05) is 4.90 Å². The number of carbonyl (C=O) groups excluding carboxylic acids is 2. The molecule has 0 saturated carbocycles. The van der Waals surface area contributed by atoms with Gasteiger partial charge in [0.2, 0.25) is 11.8 Å². The normalized spacial score (nSPS) is 13.4. The van der Waals surface area contributed by atoms with E-state index < -0.39 is 0 Å². The Balaban J connectivity index is 1.68. The van der Waals surface area contributed by atoms with Gasteiger partial charge in [-0.2, -0.15) is 0 Å². The summed E-state index contributed by atoms with van der Waals surface area (Å²) in [6.07, 6.45) is 5.13. The molecule has 0 spiro atoms. The number of aromatic nitrogens is 2. The first kappa shape index (κ1) is 19.4. The molecule has 0 atom stereocenters. The molecule has 7 heteroatoms. The monoisotopic (exact) mass is 350 g/mol. The summed E-state index contributed by atoms with van der Waals surface area (Å²) in [5, 5.41) is 2.92. The van der Waals surface area contributed by atoms with Crippen molar-refractivity contribution in [3.8, 4) is 0 Å². The summed E-state index contributed by atoms with van der Waals surface area (Å²) in [4.78, 5) is 30.4. The van der Waals surface area contributed by atoms with Crippen LogP contribution in [0.25, 0.3) is 0 Å². The molecule has 1 aromatic rings. The predicted molar refractivity (Wildman–Crippen MR) is 94.7 cm³/mol. The van der Waals surface area contributed by atoms with Gasteiger partial charge in [0.1, 0.15) is 12.4 Å². The molecule has 1 aliphatic rings. The van der Waals surface area contributed by atoms with Crippen LogP contribution in [0.3, 0.4) is 0 Å². The lowest BCUT2D eigenvalue weighted by atomic mass is 10.2. The Kier molecular flexibility index (Phi) is 7.91. The largest absolute Gasteiger partial charge is 0.372 e. The van der Waals surface area contributed by atoms with Gasteiger partial charge in [0.05, 0.1) is 25.0 Å². The Morgan fingerprint density at radius 1 is 1.28 bits per heavy atom. The topological polar surface area (TPSA) is 76.5 Å². The van der Waals surface area contributed by atoms with Gasteiger partial charge in [-0.25, -0.2) is 4.98 Å². The highest BCUT2D eigenvalue weighted by molar-refractivity contribution is 5.78. The highest BCUT2D eigenvalue weighted by atomic mass is 16.5. The Morgan fingerprint density at radius 2 is 2.04 bits per heavy atom. The van der Waals surface area contributed by atoms with Crippen LogP contribution in [0.1, 0.15) is 57.5 Å². The van der Waals surface area contributed by atoms with E-state index in [9.17, 15) is 9.59 Å². The Hall–Kier alpha value is -1.89. The molecule has 140 valence electrons. The zero-order valence-electron chi connectivity index (χ0n) is 15.4. The fraction of sp³-hybridized carbons (Fsp3) is 0.722. The lowest BCUT2D eigenvalue weighted by Crippen LogP contribution is -2.32. The molecule has 2 amide bonds. The maximum Gasteiger partial charge on any atom is 0.222 e. The molecule has 7 nitrogen and oxygen atoms in total. The van der Waals surface area contributed by atoms with Crippen molar-refractivity contribution in [2.75, 3.05) is 19.7 Å². The quantitative estimate of drug-likeness (QED) is 0.699. The summed E-state index contributed by atoms with van der Waals surface area (Å²) >= 11 is 0.